The van der Waals surface area contributed by atoms with Crippen LogP contribution in [0, 0.1) is 11.8 Å². The fraction of sp³-hybridized carbons (Fsp3) is 0.536. The van der Waals surface area contributed by atoms with Crippen molar-refractivity contribution in [3.8, 4) is 0 Å². The first-order valence-electron chi connectivity index (χ1n) is 12.4. The van der Waals surface area contributed by atoms with Crippen molar-refractivity contribution in [1.82, 2.24) is 9.80 Å². The smallest absolute Gasteiger partial charge is 0.246 e. The van der Waals surface area contributed by atoms with Gasteiger partial charge in [0.15, 0.2) is 6.29 Å². The Labute approximate surface area is 208 Å². The van der Waals surface area contributed by atoms with Crippen molar-refractivity contribution in [2.75, 3.05) is 41.0 Å². The zero-order valence-electron chi connectivity index (χ0n) is 21.0. The highest BCUT2D eigenvalue weighted by molar-refractivity contribution is 5.89. The minimum Gasteiger partial charge on any atom is -0.388 e. The van der Waals surface area contributed by atoms with Crippen LogP contribution in [0.4, 0.5) is 0 Å². The van der Waals surface area contributed by atoms with Gasteiger partial charge in [-0.15, -0.1) is 0 Å². The molecule has 2 aliphatic rings. The average Bonchev–Trinajstić information content (AvgIpc) is 3.19. The topological polar surface area (TPSA) is 71.5 Å². The molecule has 190 valence electrons. The van der Waals surface area contributed by atoms with Crippen LogP contribution in [0.3, 0.4) is 0 Å². The van der Waals surface area contributed by atoms with Gasteiger partial charge in [-0.25, -0.2) is 0 Å². The lowest BCUT2D eigenvalue weighted by Gasteiger charge is -2.50. The van der Waals surface area contributed by atoms with Crippen molar-refractivity contribution in [1.29, 1.82) is 0 Å². The molecule has 0 aromatic heterocycles. The summed E-state index contributed by atoms with van der Waals surface area (Å²) in [6, 6.07) is 20.2. The Bertz CT molecular complexity index is 939. The van der Waals surface area contributed by atoms with Crippen LogP contribution in [-0.2, 0) is 32.1 Å². The Morgan fingerprint density at radius 2 is 1.57 bits per heavy atom. The average molecular weight is 483 g/mol. The van der Waals surface area contributed by atoms with E-state index in [9.17, 15) is 9.90 Å². The van der Waals surface area contributed by atoms with Crippen LogP contribution in [-0.4, -0.2) is 79.8 Å². The molecule has 7 nitrogen and oxygen atoms in total. The van der Waals surface area contributed by atoms with Crippen molar-refractivity contribution < 1.29 is 24.1 Å². The van der Waals surface area contributed by atoms with Gasteiger partial charge in [-0.05, 0) is 29.4 Å². The number of benzene rings is 2. The van der Waals surface area contributed by atoms with E-state index < -0.39 is 11.6 Å². The monoisotopic (exact) mass is 482 g/mol. The molecule has 0 bridgehead atoms. The molecule has 4 rings (SSSR count). The van der Waals surface area contributed by atoms with Crippen molar-refractivity contribution >= 4 is 5.91 Å². The summed E-state index contributed by atoms with van der Waals surface area (Å²) in [4.78, 5) is 18.5. The molecule has 2 aromatic rings. The molecule has 2 fully saturated rings. The molecule has 35 heavy (non-hydrogen) atoms. The van der Waals surface area contributed by atoms with Gasteiger partial charge in [-0.1, -0.05) is 60.7 Å². The Hall–Kier alpha value is -2.29. The molecule has 0 unspecified atom stereocenters. The number of amides is 1. The van der Waals surface area contributed by atoms with Crippen LogP contribution in [0.2, 0.25) is 0 Å². The summed E-state index contributed by atoms with van der Waals surface area (Å²) in [5, 5.41) is 11.6. The molecule has 0 spiro atoms. The highest BCUT2D eigenvalue weighted by Crippen LogP contribution is 2.49. The van der Waals surface area contributed by atoms with Crippen molar-refractivity contribution in [3.63, 3.8) is 0 Å². The number of aliphatic hydroxyl groups is 1. The van der Waals surface area contributed by atoms with Crippen molar-refractivity contribution in [3.05, 3.63) is 71.8 Å². The molecule has 1 N–H and O–H groups in total. The van der Waals surface area contributed by atoms with Gasteiger partial charge in [-0.3, -0.25) is 9.69 Å². The summed E-state index contributed by atoms with van der Waals surface area (Å²) < 4.78 is 16.5. The lowest BCUT2D eigenvalue weighted by Crippen LogP contribution is -2.69. The molecule has 7 heteroatoms. The Morgan fingerprint density at radius 3 is 2.14 bits per heavy atom. The van der Waals surface area contributed by atoms with Gasteiger partial charge in [0.25, 0.3) is 0 Å². The van der Waals surface area contributed by atoms with Crippen LogP contribution in [0.25, 0.3) is 0 Å². The number of carbonyl (C=O) groups is 1. The van der Waals surface area contributed by atoms with Gasteiger partial charge < -0.3 is 24.2 Å². The van der Waals surface area contributed by atoms with E-state index in [2.05, 4.69) is 17.0 Å². The van der Waals surface area contributed by atoms with E-state index >= 15 is 0 Å². The summed E-state index contributed by atoms with van der Waals surface area (Å²) >= 11 is 0. The summed E-state index contributed by atoms with van der Waals surface area (Å²) in [5.41, 5.74) is 1.12. The molecule has 0 saturated carbocycles. The molecule has 2 aromatic carbocycles. The number of hydrogen-bond donors (Lipinski definition) is 1. The number of rotatable bonds is 11. The summed E-state index contributed by atoms with van der Waals surface area (Å²) in [6.45, 7) is 2.52. The maximum atomic E-state index is 14.4. The van der Waals surface area contributed by atoms with Crippen LogP contribution in [0.1, 0.15) is 24.0 Å². The molecule has 2 saturated heterocycles. The van der Waals surface area contributed by atoms with E-state index in [1.807, 2.05) is 53.4 Å². The number of fused-ring (bicyclic) bond motifs is 1. The fourth-order valence-electron chi connectivity index (χ4n) is 6.17. The fourth-order valence-corrected chi connectivity index (χ4v) is 6.17. The predicted octanol–water partition coefficient (Wildman–Crippen LogP) is 2.92. The SMILES string of the molecule is COC[C@H](O)[C@@]12C(=O)N(Cc3ccccc3)CC[C@@H]1[C@H](CC(OC)OC)CN2Cc1ccccc1. The largest absolute Gasteiger partial charge is 0.388 e. The zero-order chi connectivity index (χ0) is 24.8. The van der Waals surface area contributed by atoms with E-state index in [-0.39, 0.29) is 30.6 Å². The zero-order valence-corrected chi connectivity index (χ0v) is 21.0. The molecule has 2 aliphatic heterocycles. The second kappa shape index (κ2) is 11.6. The molecular weight excluding hydrogens is 444 g/mol. The third-order valence-corrected chi connectivity index (χ3v) is 7.74. The van der Waals surface area contributed by atoms with Gasteiger partial charge in [0.05, 0.1) is 6.61 Å². The number of hydrogen-bond acceptors (Lipinski definition) is 6. The molecule has 0 aliphatic carbocycles. The normalized spacial score (nSPS) is 25.7. The second-order valence-corrected chi connectivity index (χ2v) is 9.67. The van der Waals surface area contributed by atoms with E-state index in [0.29, 0.717) is 32.6 Å². The lowest BCUT2D eigenvalue weighted by molar-refractivity contribution is -0.168. The van der Waals surface area contributed by atoms with Crippen LogP contribution in [0.5, 0.6) is 0 Å². The number of aliphatic hydroxyl groups excluding tert-OH is 1. The maximum absolute atomic E-state index is 14.4. The summed E-state index contributed by atoms with van der Waals surface area (Å²) in [7, 11) is 4.86. The number of ether oxygens (including phenoxy) is 3. The van der Waals surface area contributed by atoms with Gasteiger partial charge in [0.2, 0.25) is 5.91 Å². The minimum atomic E-state index is -1.07. The van der Waals surface area contributed by atoms with E-state index in [4.69, 9.17) is 14.2 Å². The van der Waals surface area contributed by atoms with E-state index in [1.165, 1.54) is 0 Å². The summed E-state index contributed by atoms with van der Waals surface area (Å²) in [6.07, 6.45) is 0.151. The standard InChI is InChI=1S/C28H38N2O5/c1-33-20-25(31)28-24(14-15-29(27(28)32)17-21-10-6-4-7-11-21)23(16-26(34-2)35-3)19-30(28)18-22-12-8-5-9-13-22/h4-13,23-26,31H,14-20H2,1-3H3/t23-,24-,25+,28-/m1/s1. The third-order valence-electron chi connectivity index (χ3n) is 7.74. The molecular formula is C28H38N2O5. The number of nitrogens with zero attached hydrogens (tertiary/aromatic N) is 2. The minimum absolute atomic E-state index is 0.0213. The van der Waals surface area contributed by atoms with Gasteiger partial charge in [0, 0.05) is 53.9 Å². The third kappa shape index (κ3) is 5.15. The first kappa shape index (κ1) is 25.8. The van der Waals surface area contributed by atoms with Crippen LogP contribution >= 0.6 is 0 Å². The number of carbonyl (C=O) groups excluding carboxylic acids is 1. The molecule has 2 heterocycles. The molecule has 0 radical (unpaired) electrons. The quantitative estimate of drug-likeness (QED) is 0.497. The maximum Gasteiger partial charge on any atom is 0.246 e. The van der Waals surface area contributed by atoms with Gasteiger partial charge in [0.1, 0.15) is 11.6 Å². The predicted molar refractivity (Wildman–Crippen MR) is 133 cm³/mol. The first-order chi connectivity index (χ1) is 17.0. The van der Waals surface area contributed by atoms with Gasteiger partial charge in [-0.2, -0.15) is 0 Å². The Morgan fingerprint density at radius 1 is 0.971 bits per heavy atom. The van der Waals surface area contributed by atoms with Gasteiger partial charge >= 0.3 is 0 Å². The number of methoxy groups -OCH3 is 3. The Balaban J connectivity index is 1.73. The highest BCUT2D eigenvalue weighted by Gasteiger charge is 2.64. The summed E-state index contributed by atoms with van der Waals surface area (Å²) in [5.74, 6) is 0.0774. The Kier molecular flexibility index (Phi) is 8.57. The molecule has 1 amide bonds. The van der Waals surface area contributed by atoms with E-state index in [1.54, 1.807) is 21.3 Å². The van der Waals surface area contributed by atoms with E-state index in [0.717, 1.165) is 17.5 Å². The second-order valence-electron chi connectivity index (χ2n) is 9.67. The van der Waals surface area contributed by atoms with Crippen molar-refractivity contribution in [2.45, 2.75) is 43.9 Å². The number of likely N-dealkylation sites (tertiary alicyclic amines) is 2. The van der Waals surface area contributed by atoms with Crippen molar-refractivity contribution in [2.24, 2.45) is 11.8 Å². The van der Waals surface area contributed by atoms with Crippen LogP contribution < -0.4 is 0 Å². The molecule has 4 atom stereocenters. The highest BCUT2D eigenvalue weighted by atomic mass is 16.7. The first-order valence-corrected chi connectivity index (χ1v) is 12.4. The number of piperidine rings is 1. The lowest BCUT2D eigenvalue weighted by atomic mass is 9.70. The van der Waals surface area contributed by atoms with Crippen LogP contribution in [0.15, 0.2) is 60.7 Å².